The zero-order chi connectivity index (χ0) is 21.7. The van der Waals surface area contributed by atoms with Crippen molar-refractivity contribution in [2.45, 2.75) is 0 Å². The topological polar surface area (TPSA) is 124 Å². The van der Waals surface area contributed by atoms with Crippen molar-refractivity contribution in [1.29, 1.82) is 0 Å². The van der Waals surface area contributed by atoms with Crippen LogP contribution < -0.4 is 10.2 Å². The van der Waals surface area contributed by atoms with Crippen molar-refractivity contribution in [2.75, 3.05) is 0 Å². The molecular weight excluding hydrogens is 437 g/mol. The number of esters is 1. The molecule has 3 rings (SSSR count). The van der Waals surface area contributed by atoms with Gasteiger partial charge in [-0.2, -0.15) is 5.10 Å². The number of halogens is 2. The molecule has 1 aromatic heterocycles. The van der Waals surface area contributed by atoms with Gasteiger partial charge in [0.25, 0.3) is 0 Å². The molecule has 0 radical (unpaired) electrons. The number of furan rings is 1. The van der Waals surface area contributed by atoms with Crippen LogP contribution in [0.25, 0.3) is 0 Å². The zero-order valence-electron chi connectivity index (χ0n) is 14.9. The van der Waals surface area contributed by atoms with Gasteiger partial charge in [-0.05, 0) is 36.4 Å². The van der Waals surface area contributed by atoms with Crippen LogP contribution in [0, 0.1) is 10.1 Å². The number of rotatable bonds is 6. The number of nitro groups is 1. The van der Waals surface area contributed by atoms with Crippen LogP contribution in [0.2, 0.25) is 10.0 Å². The Bertz CT molecular complexity index is 1150. The summed E-state index contributed by atoms with van der Waals surface area (Å²) in [7, 11) is 0. The predicted octanol–water partition coefficient (Wildman–Crippen LogP) is 4.48. The standard InChI is InChI=1S/C19H11Cl2N3O6/c20-12-6-7-13(14(21)9-12)19(26)30-17-11(3-1-4-15(17)24(27)28)10-22-23-18(25)16-5-2-8-29-16/h1-10H,(H,23,25)/b22-10+. The Morgan fingerprint density at radius 2 is 1.97 bits per heavy atom. The van der Waals surface area contributed by atoms with Crippen LogP contribution >= 0.6 is 23.2 Å². The second kappa shape index (κ2) is 9.21. The normalized spacial score (nSPS) is 10.7. The Kier molecular flexibility index (Phi) is 6.45. The number of nitro benzene ring substituents is 1. The number of nitrogens with zero attached hydrogens (tertiary/aromatic N) is 2. The van der Waals surface area contributed by atoms with Crippen molar-refractivity contribution >= 4 is 47.0 Å². The molecule has 0 aliphatic heterocycles. The van der Waals surface area contributed by atoms with E-state index in [1.54, 1.807) is 0 Å². The van der Waals surface area contributed by atoms with Gasteiger partial charge in [0.05, 0.1) is 28.0 Å². The van der Waals surface area contributed by atoms with E-state index in [4.69, 9.17) is 32.4 Å². The molecule has 152 valence electrons. The van der Waals surface area contributed by atoms with Gasteiger partial charge in [-0.25, -0.2) is 10.2 Å². The minimum Gasteiger partial charge on any atom is -0.459 e. The molecule has 0 unspecified atom stereocenters. The lowest BCUT2D eigenvalue weighted by molar-refractivity contribution is -0.385. The molecule has 1 amide bonds. The highest BCUT2D eigenvalue weighted by Crippen LogP contribution is 2.31. The van der Waals surface area contributed by atoms with Crippen molar-refractivity contribution in [3.8, 4) is 5.75 Å². The van der Waals surface area contributed by atoms with Gasteiger partial charge < -0.3 is 9.15 Å². The number of hydrogen-bond donors (Lipinski definition) is 1. The highest BCUT2D eigenvalue weighted by molar-refractivity contribution is 6.36. The average Bonchev–Trinajstić information content (AvgIpc) is 3.23. The largest absolute Gasteiger partial charge is 0.459 e. The summed E-state index contributed by atoms with van der Waals surface area (Å²) in [6.45, 7) is 0. The summed E-state index contributed by atoms with van der Waals surface area (Å²) in [6.07, 6.45) is 2.42. The summed E-state index contributed by atoms with van der Waals surface area (Å²) >= 11 is 11.8. The van der Waals surface area contributed by atoms with Gasteiger partial charge in [-0.15, -0.1) is 0 Å². The number of amides is 1. The number of hydrogen-bond acceptors (Lipinski definition) is 7. The van der Waals surface area contributed by atoms with Gasteiger partial charge in [-0.3, -0.25) is 14.9 Å². The number of carbonyl (C=O) groups is 2. The zero-order valence-corrected chi connectivity index (χ0v) is 16.4. The first-order valence-electron chi connectivity index (χ1n) is 8.18. The third kappa shape index (κ3) is 4.83. The minimum absolute atomic E-state index is 0.0204. The molecule has 3 aromatic rings. The molecule has 0 saturated carbocycles. The number of benzene rings is 2. The van der Waals surface area contributed by atoms with Gasteiger partial charge >= 0.3 is 17.6 Å². The summed E-state index contributed by atoms with van der Waals surface area (Å²) in [6, 6.07) is 11.0. The highest BCUT2D eigenvalue weighted by atomic mass is 35.5. The molecule has 0 fully saturated rings. The summed E-state index contributed by atoms with van der Waals surface area (Å²) in [5.74, 6) is -1.90. The van der Waals surface area contributed by atoms with Gasteiger partial charge in [0.2, 0.25) is 5.75 Å². The third-order valence-corrected chi connectivity index (χ3v) is 4.23. The monoisotopic (exact) mass is 447 g/mol. The third-order valence-electron chi connectivity index (χ3n) is 3.68. The fraction of sp³-hybridized carbons (Fsp3) is 0. The number of hydrazone groups is 1. The Labute approximate surface area is 179 Å². The van der Waals surface area contributed by atoms with E-state index in [0.29, 0.717) is 5.02 Å². The second-order valence-corrected chi connectivity index (χ2v) is 6.49. The Hall–Kier alpha value is -3.69. The van der Waals surface area contributed by atoms with Crippen LogP contribution in [0.5, 0.6) is 5.75 Å². The van der Waals surface area contributed by atoms with Gasteiger partial charge in [0.15, 0.2) is 5.76 Å². The first kappa shape index (κ1) is 21.0. The maximum absolute atomic E-state index is 12.5. The van der Waals surface area contributed by atoms with Gasteiger partial charge in [0.1, 0.15) is 0 Å². The van der Waals surface area contributed by atoms with Crippen LogP contribution in [0.1, 0.15) is 26.5 Å². The molecule has 1 N–H and O–H groups in total. The predicted molar refractivity (Wildman–Crippen MR) is 108 cm³/mol. The van der Waals surface area contributed by atoms with E-state index in [9.17, 15) is 19.7 Å². The van der Waals surface area contributed by atoms with Crippen LogP contribution in [0.15, 0.2) is 64.3 Å². The van der Waals surface area contributed by atoms with Gasteiger partial charge in [-0.1, -0.05) is 29.3 Å². The Balaban J connectivity index is 1.88. The van der Waals surface area contributed by atoms with E-state index in [0.717, 1.165) is 12.3 Å². The van der Waals surface area contributed by atoms with E-state index in [2.05, 4.69) is 10.5 Å². The molecule has 2 aromatic carbocycles. The lowest BCUT2D eigenvalue weighted by Gasteiger charge is -2.09. The molecule has 1 heterocycles. The molecular formula is C19H11Cl2N3O6. The fourth-order valence-corrected chi connectivity index (χ4v) is 2.81. The summed E-state index contributed by atoms with van der Waals surface area (Å²) in [5, 5.41) is 15.4. The molecule has 0 aliphatic carbocycles. The molecule has 0 spiro atoms. The van der Waals surface area contributed by atoms with Crippen molar-refractivity contribution in [2.24, 2.45) is 5.10 Å². The molecule has 9 nitrogen and oxygen atoms in total. The summed E-state index contributed by atoms with van der Waals surface area (Å²) in [4.78, 5) is 35.0. The van der Waals surface area contributed by atoms with Crippen molar-refractivity contribution < 1.29 is 23.7 Å². The van der Waals surface area contributed by atoms with E-state index >= 15 is 0 Å². The van der Waals surface area contributed by atoms with E-state index < -0.39 is 22.5 Å². The van der Waals surface area contributed by atoms with Crippen LogP contribution in [-0.4, -0.2) is 23.0 Å². The highest BCUT2D eigenvalue weighted by Gasteiger charge is 2.23. The molecule has 0 bridgehead atoms. The van der Waals surface area contributed by atoms with E-state index in [1.165, 1.54) is 48.7 Å². The van der Waals surface area contributed by atoms with Crippen LogP contribution in [0.3, 0.4) is 0 Å². The smallest absolute Gasteiger partial charge is 0.345 e. The molecule has 0 aliphatic rings. The van der Waals surface area contributed by atoms with E-state index in [-0.39, 0.29) is 27.7 Å². The van der Waals surface area contributed by atoms with Gasteiger partial charge in [0, 0.05) is 16.7 Å². The van der Waals surface area contributed by atoms with E-state index in [1.807, 2.05) is 0 Å². The number of ether oxygens (including phenoxy) is 1. The number of carbonyl (C=O) groups excluding carboxylic acids is 2. The van der Waals surface area contributed by atoms with Crippen molar-refractivity contribution in [3.05, 3.63) is 91.8 Å². The summed E-state index contributed by atoms with van der Waals surface area (Å²) < 4.78 is 10.2. The number of nitrogens with one attached hydrogen (secondary N) is 1. The SMILES string of the molecule is O=C(N/N=C/c1cccc([N+](=O)[O-])c1OC(=O)c1ccc(Cl)cc1Cl)c1ccco1. The van der Waals surface area contributed by atoms with Crippen LogP contribution in [-0.2, 0) is 0 Å². The number of para-hydroxylation sites is 1. The first-order chi connectivity index (χ1) is 14.4. The van der Waals surface area contributed by atoms with Crippen molar-refractivity contribution in [3.63, 3.8) is 0 Å². The Morgan fingerprint density at radius 1 is 1.17 bits per heavy atom. The lowest BCUT2D eigenvalue weighted by Crippen LogP contribution is -2.17. The quantitative estimate of drug-likeness (QED) is 0.195. The Morgan fingerprint density at radius 3 is 2.63 bits per heavy atom. The fourth-order valence-electron chi connectivity index (χ4n) is 2.32. The first-order valence-corrected chi connectivity index (χ1v) is 8.94. The minimum atomic E-state index is -0.930. The second-order valence-electron chi connectivity index (χ2n) is 5.64. The summed E-state index contributed by atoms with van der Waals surface area (Å²) in [5.41, 5.74) is 1.76. The van der Waals surface area contributed by atoms with Crippen molar-refractivity contribution in [1.82, 2.24) is 5.43 Å². The van der Waals surface area contributed by atoms with Crippen LogP contribution in [0.4, 0.5) is 5.69 Å². The maximum atomic E-state index is 12.5. The molecule has 30 heavy (non-hydrogen) atoms. The maximum Gasteiger partial charge on any atom is 0.345 e. The molecule has 11 heteroatoms. The average molecular weight is 448 g/mol. The lowest BCUT2D eigenvalue weighted by atomic mass is 10.2. The molecule has 0 atom stereocenters. The molecule has 0 saturated heterocycles.